The summed E-state index contributed by atoms with van der Waals surface area (Å²) in [7, 11) is 1.80. The summed E-state index contributed by atoms with van der Waals surface area (Å²) in [5, 5.41) is 3.07. The maximum Gasteiger partial charge on any atom is 0.317 e. The molecule has 15 heavy (non-hydrogen) atoms. The van der Waals surface area contributed by atoms with Crippen molar-refractivity contribution in [2.45, 2.75) is 51.1 Å². The number of nitrogens with zero attached hydrogens (tertiary/aromatic N) is 1. The molecule has 0 heterocycles. The van der Waals surface area contributed by atoms with Crippen LogP contribution in [0.5, 0.6) is 0 Å². The van der Waals surface area contributed by atoms with Crippen molar-refractivity contribution in [2.24, 2.45) is 5.73 Å². The highest BCUT2D eigenvalue weighted by molar-refractivity contribution is 5.74. The topological polar surface area (TPSA) is 58.4 Å². The van der Waals surface area contributed by atoms with Crippen LogP contribution in [-0.2, 0) is 0 Å². The second-order valence-corrected chi connectivity index (χ2v) is 4.48. The van der Waals surface area contributed by atoms with Gasteiger partial charge in [-0.25, -0.2) is 4.79 Å². The minimum absolute atomic E-state index is 0.0138. The van der Waals surface area contributed by atoms with Gasteiger partial charge in [-0.1, -0.05) is 19.3 Å². The summed E-state index contributed by atoms with van der Waals surface area (Å²) in [6, 6.07) is 0.493. The third-order valence-corrected chi connectivity index (χ3v) is 3.26. The molecule has 0 aromatic rings. The summed E-state index contributed by atoms with van der Waals surface area (Å²) in [4.78, 5) is 13.5. The molecular weight excluding hydrogens is 190 g/mol. The summed E-state index contributed by atoms with van der Waals surface area (Å²) in [6.07, 6.45) is 6.02. The van der Waals surface area contributed by atoms with Crippen molar-refractivity contribution in [1.29, 1.82) is 0 Å². The molecule has 1 unspecified atom stereocenters. The van der Waals surface area contributed by atoms with Crippen LogP contribution < -0.4 is 11.1 Å². The van der Waals surface area contributed by atoms with Gasteiger partial charge >= 0.3 is 6.03 Å². The van der Waals surface area contributed by atoms with Gasteiger partial charge in [-0.05, 0) is 19.8 Å². The van der Waals surface area contributed by atoms with Gasteiger partial charge in [0, 0.05) is 25.7 Å². The van der Waals surface area contributed by atoms with Crippen molar-refractivity contribution >= 4 is 6.03 Å². The van der Waals surface area contributed by atoms with Crippen molar-refractivity contribution in [3.05, 3.63) is 0 Å². The van der Waals surface area contributed by atoms with E-state index in [1.807, 2.05) is 6.92 Å². The fourth-order valence-corrected chi connectivity index (χ4v) is 1.88. The molecule has 0 aliphatic heterocycles. The van der Waals surface area contributed by atoms with E-state index in [-0.39, 0.29) is 12.1 Å². The van der Waals surface area contributed by atoms with E-state index in [4.69, 9.17) is 5.73 Å². The predicted molar refractivity (Wildman–Crippen MR) is 61.7 cm³/mol. The van der Waals surface area contributed by atoms with E-state index in [1.54, 1.807) is 11.9 Å². The van der Waals surface area contributed by atoms with Crippen LogP contribution in [0.2, 0.25) is 0 Å². The second-order valence-electron chi connectivity index (χ2n) is 4.48. The Morgan fingerprint density at radius 3 is 2.60 bits per heavy atom. The van der Waals surface area contributed by atoms with E-state index >= 15 is 0 Å². The lowest BCUT2D eigenvalue weighted by Crippen LogP contribution is -2.48. The number of nitrogens with two attached hydrogens (primary N) is 1. The number of urea groups is 1. The second kappa shape index (κ2) is 5.95. The van der Waals surface area contributed by atoms with Crippen LogP contribution in [0.15, 0.2) is 0 Å². The molecule has 2 amide bonds. The third kappa shape index (κ3) is 3.70. The highest BCUT2D eigenvalue weighted by Crippen LogP contribution is 2.17. The first-order chi connectivity index (χ1) is 7.15. The lowest BCUT2D eigenvalue weighted by Gasteiger charge is -2.29. The highest BCUT2D eigenvalue weighted by atomic mass is 16.2. The Morgan fingerprint density at radius 2 is 2.07 bits per heavy atom. The Labute approximate surface area is 92.2 Å². The molecule has 1 fully saturated rings. The number of rotatable bonds is 3. The number of carbonyl (C=O) groups excluding carboxylic acids is 1. The summed E-state index contributed by atoms with van der Waals surface area (Å²) in [5.41, 5.74) is 5.52. The number of carbonyl (C=O) groups is 1. The van der Waals surface area contributed by atoms with E-state index in [2.05, 4.69) is 5.32 Å². The Balaban J connectivity index is 2.33. The first kappa shape index (κ1) is 12.3. The van der Waals surface area contributed by atoms with Gasteiger partial charge in [0.15, 0.2) is 0 Å². The van der Waals surface area contributed by atoms with Gasteiger partial charge in [-0.3, -0.25) is 0 Å². The molecule has 0 aromatic carbocycles. The van der Waals surface area contributed by atoms with Crippen molar-refractivity contribution in [2.75, 3.05) is 13.6 Å². The molecule has 1 rings (SSSR count). The minimum atomic E-state index is 0.0138. The molecule has 0 spiro atoms. The Kier molecular flexibility index (Phi) is 4.88. The Morgan fingerprint density at radius 1 is 1.47 bits per heavy atom. The van der Waals surface area contributed by atoms with E-state index < -0.39 is 0 Å². The van der Waals surface area contributed by atoms with E-state index in [1.165, 1.54) is 19.3 Å². The van der Waals surface area contributed by atoms with Crippen LogP contribution in [0, 0.1) is 0 Å². The van der Waals surface area contributed by atoms with Gasteiger partial charge in [0.05, 0.1) is 0 Å². The molecule has 1 aliphatic rings. The Hall–Kier alpha value is -0.770. The number of amides is 2. The van der Waals surface area contributed by atoms with Crippen LogP contribution in [0.4, 0.5) is 4.79 Å². The maximum atomic E-state index is 11.8. The Bertz CT molecular complexity index is 202. The van der Waals surface area contributed by atoms with Crippen LogP contribution in [0.1, 0.15) is 39.0 Å². The monoisotopic (exact) mass is 213 g/mol. The summed E-state index contributed by atoms with van der Waals surface area (Å²) >= 11 is 0. The molecule has 1 atom stereocenters. The van der Waals surface area contributed by atoms with Gasteiger partial charge in [-0.15, -0.1) is 0 Å². The lowest BCUT2D eigenvalue weighted by atomic mass is 9.96. The predicted octanol–water partition coefficient (Wildman–Crippen LogP) is 1.31. The third-order valence-electron chi connectivity index (χ3n) is 3.26. The number of nitrogens with one attached hydrogen (secondary N) is 1. The fraction of sp³-hybridized carbons (Fsp3) is 0.909. The molecule has 0 saturated heterocycles. The van der Waals surface area contributed by atoms with Crippen LogP contribution >= 0.6 is 0 Å². The van der Waals surface area contributed by atoms with Crippen LogP contribution in [0.3, 0.4) is 0 Å². The quantitative estimate of drug-likeness (QED) is 0.742. The van der Waals surface area contributed by atoms with Gasteiger partial charge in [0.2, 0.25) is 0 Å². The normalized spacial score (nSPS) is 19.7. The smallest absolute Gasteiger partial charge is 0.317 e. The number of hydrogen-bond acceptors (Lipinski definition) is 2. The zero-order valence-corrected chi connectivity index (χ0v) is 9.83. The molecule has 1 aliphatic carbocycles. The molecule has 4 nitrogen and oxygen atoms in total. The fourth-order valence-electron chi connectivity index (χ4n) is 1.88. The molecule has 0 aromatic heterocycles. The van der Waals surface area contributed by atoms with Gasteiger partial charge in [-0.2, -0.15) is 0 Å². The van der Waals surface area contributed by atoms with Crippen LogP contribution in [0.25, 0.3) is 0 Å². The zero-order valence-electron chi connectivity index (χ0n) is 9.83. The molecule has 3 N–H and O–H groups in total. The molecule has 0 bridgehead atoms. The first-order valence-corrected chi connectivity index (χ1v) is 5.88. The average Bonchev–Trinajstić information content (AvgIpc) is 2.28. The van der Waals surface area contributed by atoms with Crippen molar-refractivity contribution < 1.29 is 4.79 Å². The van der Waals surface area contributed by atoms with Gasteiger partial charge in [0.1, 0.15) is 0 Å². The molecule has 1 saturated carbocycles. The highest BCUT2D eigenvalue weighted by Gasteiger charge is 2.19. The van der Waals surface area contributed by atoms with Crippen molar-refractivity contribution in [3.63, 3.8) is 0 Å². The van der Waals surface area contributed by atoms with Crippen molar-refractivity contribution in [1.82, 2.24) is 10.2 Å². The molecule has 0 radical (unpaired) electrons. The SMILES string of the molecule is CC(CN)N(C)C(=O)NC1CCCCC1. The van der Waals surface area contributed by atoms with E-state index in [9.17, 15) is 4.79 Å². The summed E-state index contributed by atoms with van der Waals surface area (Å²) in [6.45, 7) is 2.47. The van der Waals surface area contributed by atoms with E-state index in [0.717, 1.165) is 12.8 Å². The zero-order chi connectivity index (χ0) is 11.3. The number of likely N-dealkylation sites (N-methyl/N-ethyl adjacent to an activating group) is 1. The minimum Gasteiger partial charge on any atom is -0.335 e. The lowest BCUT2D eigenvalue weighted by molar-refractivity contribution is 0.187. The molecule has 88 valence electrons. The summed E-state index contributed by atoms with van der Waals surface area (Å²) in [5.74, 6) is 0. The van der Waals surface area contributed by atoms with Gasteiger partial charge in [0.25, 0.3) is 0 Å². The molecule has 4 heteroatoms. The van der Waals surface area contributed by atoms with E-state index in [0.29, 0.717) is 12.6 Å². The standard InChI is InChI=1S/C11H23N3O/c1-9(8-12)14(2)11(15)13-10-6-4-3-5-7-10/h9-10H,3-8,12H2,1-2H3,(H,13,15). The van der Waals surface area contributed by atoms with Crippen molar-refractivity contribution in [3.8, 4) is 0 Å². The average molecular weight is 213 g/mol. The largest absolute Gasteiger partial charge is 0.335 e. The summed E-state index contributed by atoms with van der Waals surface area (Å²) < 4.78 is 0. The maximum absolute atomic E-state index is 11.8. The molecular formula is C11H23N3O. The van der Waals surface area contributed by atoms with Gasteiger partial charge < -0.3 is 16.0 Å². The van der Waals surface area contributed by atoms with Crippen LogP contribution in [-0.4, -0.2) is 36.6 Å². The first-order valence-electron chi connectivity index (χ1n) is 5.88. The number of hydrogen-bond donors (Lipinski definition) is 2.